The number of carbonyl (C=O) groups excluding carboxylic acids is 1. The summed E-state index contributed by atoms with van der Waals surface area (Å²) in [5, 5.41) is 11.0. The molecule has 172 valence electrons. The number of phenolic OH excluding ortho intramolecular Hbond substituents is 1. The van der Waals surface area contributed by atoms with Gasteiger partial charge >= 0.3 is 5.97 Å². The number of esters is 1. The normalized spacial score (nSPS) is 11.9. The van der Waals surface area contributed by atoms with E-state index in [4.69, 9.17) is 10.5 Å². The largest absolute Gasteiger partial charge is 0.508 e. The number of unbranched alkanes of at least 4 members (excludes halogenated alkanes) is 1. The lowest BCUT2D eigenvalue weighted by Crippen LogP contribution is -2.21. The van der Waals surface area contributed by atoms with Gasteiger partial charge in [0.2, 0.25) is 0 Å². The maximum atomic E-state index is 13.1. The number of halogens is 1. The van der Waals surface area contributed by atoms with Gasteiger partial charge in [0.15, 0.2) is 0 Å². The smallest absolute Gasteiger partial charge is 0.303 e. The molecule has 3 aromatic rings. The van der Waals surface area contributed by atoms with Crippen molar-refractivity contribution in [1.29, 1.82) is 0 Å². The first-order valence-electron chi connectivity index (χ1n) is 10.8. The number of carbonyl (C=O) groups is 1. The number of rotatable bonds is 4. The first kappa shape index (κ1) is 26.4. The molecule has 0 saturated carbocycles. The number of benzene rings is 2. The van der Waals surface area contributed by atoms with E-state index in [9.17, 15) is 14.3 Å². The van der Waals surface area contributed by atoms with E-state index in [2.05, 4.69) is 18.8 Å². The highest BCUT2D eigenvalue weighted by Crippen LogP contribution is 2.28. The van der Waals surface area contributed by atoms with E-state index in [1.807, 2.05) is 20.8 Å². The number of nitrogens with one attached hydrogen (secondary N) is 1. The van der Waals surface area contributed by atoms with Crippen LogP contribution < -0.4 is 5.73 Å². The van der Waals surface area contributed by atoms with Crippen LogP contribution in [0.1, 0.15) is 67.2 Å². The van der Waals surface area contributed by atoms with Crippen molar-refractivity contribution in [1.82, 2.24) is 4.98 Å². The van der Waals surface area contributed by atoms with Gasteiger partial charge in [-0.2, -0.15) is 0 Å². The molecule has 0 amide bonds. The summed E-state index contributed by atoms with van der Waals surface area (Å²) in [6, 6.07) is 10.0. The molecule has 1 unspecified atom stereocenters. The molecule has 0 radical (unpaired) electrons. The highest BCUT2D eigenvalue weighted by atomic mass is 19.1. The zero-order valence-corrected chi connectivity index (χ0v) is 19.6. The quantitative estimate of drug-likeness (QED) is 0.415. The van der Waals surface area contributed by atoms with Crippen molar-refractivity contribution in [2.24, 2.45) is 5.73 Å². The Bertz CT molecular complexity index is 904. The van der Waals surface area contributed by atoms with E-state index in [0.29, 0.717) is 6.04 Å². The van der Waals surface area contributed by atoms with Gasteiger partial charge in [-0.15, -0.1) is 0 Å². The third kappa shape index (κ3) is 9.83. The molecule has 4 N–H and O–H groups in total. The molecule has 6 heteroatoms. The minimum atomic E-state index is -0.328. The summed E-state index contributed by atoms with van der Waals surface area (Å²) in [7, 11) is 0. The molecule has 0 bridgehead atoms. The third-order valence-electron chi connectivity index (χ3n) is 4.45. The van der Waals surface area contributed by atoms with Crippen LogP contribution in [0.5, 0.6) is 5.75 Å². The second-order valence-corrected chi connectivity index (χ2v) is 8.56. The van der Waals surface area contributed by atoms with Crippen molar-refractivity contribution in [3.63, 3.8) is 0 Å². The van der Waals surface area contributed by atoms with E-state index < -0.39 is 0 Å². The second-order valence-electron chi connectivity index (χ2n) is 8.56. The Labute approximate surface area is 184 Å². The summed E-state index contributed by atoms with van der Waals surface area (Å²) in [6.07, 6.45) is 4.88. The van der Waals surface area contributed by atoms with Gasteiger partial charge in [-0.1, -0.05) is 26.7 Å². The first-order valence-corrected chi connectivity index (χ1v) is 10.8. The van der Waals surface area contributed by atoms with Crippen LogP contribution in [-0.4, -0.2) is 27.7 Å². The van der Waals surface area contributed by atoms with Crippen LogP contribution in [0.2, 0.25) is 0 Å². The summed E-state index contributed by atoms with van der Waals surface area (Å²) in [6.45, 7) is 11.3. The molecule has 31 heavy (non-hydrogen) atoms. The molecule has 0 aliphatic carbocycles. The van der Waals surface area contributed by atoms with Crippen LogP contribution in [0.4, 0.5) is 4.39 Å². The molecule has 1 aromatic heterocycles. The van der Waals surface area contributed by atoms with Gasteiger partial charge in [0.1, 0.15) is 17.2 Å². The van der Waals surface area contributed by atoms with Crippen LogP contribution in [-0.2, 0) is 9.53 Å². The fourth-order valence-electron chi connectivity index (χ4n) is 2.96. The maximum absolute atomic E-state index is 13.1. The Morgan fingerprint density at radius 2 is 1.71 bits per heavy atom. The first-order chi connectivity index (χ1) is 14.5. The Balaban J connectivity index is 0.000000259. The van der Waals surface area contributed by atoms with Crippen molar-refractivity contribution < 1.29 is 19.0 Å². The van der Waals surface area contributed by atoms with Gasteiger partial charge in [0.25, 0.3) is 0 Å². The maximum Gasteiger partial charge on any atom is 0.303 e. The Morgan fingerprint density at radius 1 is 1.13 bits per heavy atom. The number of phenols is 1. The summed E-state index contributed by atoms with van der Waals surface area (Å²) in [5.74, 6) is -0.308. The monoisotopic (exact) mass is 432 g/mol. The number of aromatic nitrogens is 1. The van der Waals surface area contributed by atoms with Gasteiger partial charge in [-0.05, 0) is 70.0 Å². The van der Waals surface area contributed by atoms with Crippen molar-refractivity contribution in [2.75, 3.05) is 0 Å². The lowest BCUT2D eigenvalue weighted by molar-refractivity contribution is -0.151. The number of nitrogens with two attached hydrogens (primary N) is 1. The number of H-pyrrole nitrogens is 1. The van der Waals surface area contributed by atoms with Crippen LogP contribution in [0.3, 0.4) is 0 Å². The molecule has 0 aliphatic rings. The molecule has 0 aliphatic heterocycles. The van der Waals surface area contributed by atoms with E-state index in [0.717, 1.165) is 28.2 Å². The molecule has 0 fully saturated rings. The molecule has 0 spiro atoms. The fraction of sp³-hybridized carbons (Fsp3) is 0.480. The molecule has 5 nitrogen and oxygen atoms in total. The average Bonchev–Trinajstić information content (AvgIpc) is 3.02. The van der Waals surface area contributed by atoms with Gasteiger partial charge in [-0.3, -0.25) is 4.79 Å². The number of fused-ring (bicyclic) bond motifs is 3. The van der Waals surface area contributed by atoms with Crippen molar-refractivity contribution in [2.45, 2.75) is 78.9 Å². The molecule has 2 aromatic carbocycles. The standard InChI is InChI=1S/C12H8FNO.C7H17N.C6H12O2/c13-7-1-3-11-9(5-7)10-6-8(15)2-4-12(10)14-11;1-3-5-6-7(8)4-2;1-5(7)8-6(2,3)4/h1-6,14-15H;7H,3-6,8H2,1-2H3;1-4H3. The molecule has 1 atom stereocenters. The zero-order valence-electron chi connectivity index (χ0n) is 19.6. The summed E-state index contributed by atoms with van der Waals surface area (Å²) >= 11 is 0. The lowest BCUT2D eigenvalue weighted by atomic mass is 10.1. The number of hydrogen-bond donors (Lipinski definition) is 3. The van der Waals surface area contributed by atoms with E-state index in [1.54, 1.807) is 24.3 Å². The number of aromatic amines is 1. The molecule has 3 rings (SSSR count). The van der Waals surface area contributed by atoms with Gasteiger partial charge in [0.05, 0.1) is 0 Å². The Hall–Kier alpha value is -2.60. The fourth-order valence-corrected chi connectivity index (χ4v) is 2.96. The highest BCUT2D eigenvalue weighted by Gasteiger charge is 2.11. The van der Waals surface area contributed by atoms with Crippen molar-refractivity contribution in [3.05, 3.63) is 42.2 Å². The minimum Gasteiger partial charge on any atom is -0.508 e. The minimum absolute atomic E-state index is 0.188. The average molecular weight is 433 g/mol. The summed E-state index contributed by atoms with van der Waals surface area (Å²) in [5.41, 5.74) is 7.10. The molecule has 1 heterocycles. The lowest BCUT2D eigenvalue weighted by Gasteiger charge is -2.17. The zero-order chi connectivity index (χ0) is 23.6. The summed E-state index contributed by atoms with van der Waals surface area (Å²) in [4.78, 5) is 13.4. The Kier molecular flexibility index (Phi) is 10.5. The van der Waals surface area contributed by atoms with Crippen LogP contribution in [0.25, 0.3) is 21.8 Å². The van der Waals surface area contributed by atoms with Gasteiger partial charge < -0.3 is 20.6 Å². The molecular formula is C25H37FN2O3. The van der Waals surface area contributed by atoms with Crippen LogP contribution >= 0.6 is 0 Å². The van der Waals surface area contributed by atoms with E-state index in [-0.39, 0.29) is 23.1 Å². The Morgan fingerprint density at radius 3 is 2.19 bits per heavy atom. The second kappa shape index (κ2) is 12.3. The van der Waals surface area contributed by atoms with Crippen molar-refractivity contribution >= 4 is 27.8 Å². The predicted molar refractivity (Wildman–Crippen MR) is 127 cm³/mol. The van der Waals surface area contributed by atoms with Gasteiger partial charge in [-0.25, -0.2) is 4.39 Å². The van der Waals surface area contributed by atoms with Crippen LogP contribution in [0, 0.1) is 5.82 Å². The third-order valence-corrected chi connectivity index (χ3v) is 4.45. The van der Waals surface area contributed by atoms with E-state index >= 15 is 0 Å². The SMILES string of the molecule is CC(=O)OC(C)(C)C.CCCCC(N)CC.Oc1ccc2[nH]c3ccc(F)cc3c2c1. The van der Waals surface area contributed by atoms with Crippen molar-refractivity contribution in [3.8, 4) is 5.75 Å². The number of ether oxygens (including phenoxy) is 1. The number of aromatic hydroxyl groups is 1. The molecule has 0 saturated heterocycles. The highest BCUT2D eigenvalue weighted by molar-refractivity contribution is 6.07. The van der Waals surface area contributed by atoms with Crippen LogP contribution in [0.15, 0.2) is 36.4 Å². The molecular weight excluding hydrogens is 395 g/mol. The van der Waals surface area contributed by atoms with E-state index in [1.165, 1.54) is 38.3 Å². The van der Waals surface area contributed by atoms with Gasteiger partial charge in [0, 0.05) is 34.8 Å². The predicted octanol–water partition coefficient (Wildman–Crippen LogP) is 6.43. The summed E-state index contributed by atoms with van der Waals surface area (Å²) < 4.78 is 17.9. The topological polar surface area (TPSA) is 88.3 Å². The number of hydrogen-bond acceptors (Lipinski definition) is 4.